The smallest absolute Gasteiger partial charge is 0.236 e. The summed E-state index contributed by atoms with van der Waals surface area (Å²) in [4.78, 5) is 50.1. The van der Waals surface area contributed by atoms with E-state index in [1.54, 1.807) is 50.4 Å². The van der Waals surface area contributed by atoms with E-state index < -0.39 is 16.8 Å². The van der Waals surface area contributed by atoms with Crippen LogP contribution in [0.15, 0.2) is 60.8 Å². The summed E-state index contributed by atoms with van der Waals surface area (Å²) in [5.74, 6) is 0.106. The maximum absolute atomic E-state index is 13.9. The van der Waals surface area contributed by atoms with E-state index in [2.05, 4.69) is 4.98 Å². The fourth-order valence-electron chi connectivity index (χ4n) is 6.20. The molecular formula is C36H34FN3O6. The Hall–Kier alpha value is -4.70. The maximum atomic E-state index is 13.9. The molecule has 0 spiro atoms. The Morgan fingerprint density at radius 1 is 1.17 bits per heavy atom. The molecule has 1 saturated carbocycles. The van der Waals surface area contributed by atoms with E-state index in [0.29, 0.717) is 52.4 Å². The van der Waals surface area contributed by atoms with E-state index in [1.807, 2.05) is 12.1 Å². The topological polar surface area (TPSA) is 119 Å². The normalized spacial score (nSPS) is 20.3. The average Bonchev–Trinajstić information content (AvgIpc) is 3.66. The lowest BCUT2D eigenvalue weighted by Crippen LogP contribution is -2.45. The van der Waals surface area contributed by atoms with Gasteiger partial charge >= 0.3 is 0 Å². The van der Waals surface area contributed by atoms with Gasteiger partial charge in [0.05, 0.1) is 18.3 Å². The van der Waals surface area contributed by atoms with Gasteiger partial charge in [-0.25, -0.2) is 9.37 Å². The number of rotatable bonds is 9. The fraction of sp³-hybridized carbons (Fsp3) is 0.361. The van der Waals surface area contributed by atoms with Crippen LogP contribution >= 0.6 is 0 Å². The van der Waals surface area contributed by atoms with Gasteiger partial charge < -0.3 is 19.5 Å². The van der Waals surface area contributed by atoms with E-state index in [9.17, 15) is 23.9 Å². The number of nitrogens with zero attached hydrogens (tertiary/aromatic N) is 3. The van der Waals surface area contributed by atoms with Crippen LogP contribution in [0.2, 0.25) is 0 Å². The first-order chi connectivity index (χ1) is 22.0. The van der Waals surface area contributed by atoms with E-state index in [1.165, 1.54) is 17.0 Å². The van der Waals surface area contributed by atoms with Crippen molar-refractivity contribution in [2.75, 3.05) is 19.7 Å². The molecule has 0 bridgehead atoms. The number of pyridine rings is 2. The SMILES string of the molecule is C[C@](O)(CCC(=O)c1cc(OC2CC2)c2ncccc2c1)c1cc2c(c(-c3ccc(F)cc3)n1)OC[C@]2(C)C(=O)N1CCC(=O)C1. The van der Waals surface area contributed by atoms with Crippen molar-refractivity contribution in [2.45, 2.75) is 63.1 Å². The van der Waals surface area contributed by atoms with Gasteiger partial charge in [0, 0.05) is 47.7 Å². The van der Waals surface area contributed by atoms with Crippen LogP contribution in [0.5, 0.6) is 11.5 Å². The number of carbonyl (C=O) groups is 3. The van der Waals surface area contributed by atoms with Gasteiger partial charge in [-0.2, -0.15) is 0 Å². The largest absolute Gasteiger partial charge is 0.489 e. The molecule has 236 valence electrons. The van der Waals surface area contributed by atoms with Gasteiger partial charge in [-0.05, 0) is 81.6 Å². The number of carbonyl (C=O) groups excluding carboxylic acids is 3. The summed E-state index contributed by atoms with van der Waals surface area (Å²) in [7, 11) is 0. The highest BCUT2D eigenvalue weighted by atomic mass is 19.1. The first-order valence-corrected chi connectivity index (χ1v) is 15.6. The lowest BCUT2D eigenvalue weighted by Gasteiger charge is -2.29. The molecule has 0 unspecified atom stereocenters. The van der Waals surface area contributed by atoms with Gasteiger partial charge in [0.2, 0.25) is 5.91 Å². The van der Waals surface area contributed by atoms with Crippen molar-refractivity contribution in [2.24, 2.45) is 0 Å². The van der Waals surface area contributed by atoms with E-state index in [0.717, 1.165) is 18.2 Å². The first-order valence-electron chi connectivity index (χ1n) is 15.6. The summed E-state index contributed by atoms with van der Waals surface area (Å²) in [5.41, 5.74) is 0.123. The zero-order valence-electron chi connectivity index (χ0n) is 25.7. The van der Waals surface area contributed by atoms with E-state index in [-0.39, 0.29) is 55.3 Å². The Morgan fingerprint density at radius 3 is 2.67 bits per heavy atom. The molecule has 46 heavy (non-hydrogen) atoms. The van der Waals surface area contributed by atoms with Gasteiger partial charge in [-0.15, -0.1) is 0 Å². The molecule has 2 aliphatic heterocycles. The third-order valence-corrected chi connectivity index (χ3v) is 9.18. The Kier molecular flexibility index (Phi) is 7.35. The molecule has 2 atom stereocenters. The zero-order valence-corrected chi connectivity index (χ0v) is 25.7. The number of ether oxygens (including phenoxy) is 2. The summed E-state index contributed by atoms with van der Waals surface area (Å²) in [6.45, 7) is 3.75. The minimum atomic E-state index is -1.58. The summed E-state index contributed by atoms with van der Waals surface area (Å²) in [5, 5.41) is 12.6. The molecule has 2 aromatic heterocycles. The molecule has 3 aliphatic rings. The van der Waals surface area contributed by atoms with Crippen LogP contribution in [-0.4, -0.2) is 63.2 Å². The number of Topliss-reactive ketones (excluding diaryl/α,β-unsaturated/α-hetero) is 2. The van der Waals surface area contributed by atoms with Crippen molar-refractivity contribution in [1.29, 1.82) is 0 Å². The average molecular weight is 624 g/mol. The van der Waals surface area contributed by atoms with Crippen LogP contribution in [-0.2, 0) is 20.6 Å². The third-order valence-electron chi connectivity index (χ3n) is 9.18. The third kappa shape index (κ3) is 5.51. The van der Waals surface area contributed by atoms with E-state index >= 15 is 0 Å². The standard InChI is InChI=1S/C36H34FN3O6/c1-35(34(43)40-15-12-25(41)19-40)20-45-33-27(35)18-30(39-32(33)21-5-7-24(37)8-6-21)36(2,44)13-11-28(42)23-16-22-4-3-14-38-31(22)29(17-23)46-26-9-10-26/h3-8,14,16-18,26,44H,9-13,15,19-20H2,1-2H3/t35-,36-/m0/s1. The molecule has 4 heterocycles. The molecule has 10 heteroatoms. The van der Waals surface area contributed by atoms with Gasteiger partial charge in [-0.1, -0.05) is 6.07 Å². The molecule has 4 aromatic rings. The fourth-order valence-corrected chi connectivity index (χ4v) is 6.20. The molecule has 2 aromatic carbocycles. The molecule has 1 N–H and O–H groups in total. The summed E-state index contributed by atoms with van der Waals surface area (Å²) >= 11 is 0. The highest BCUT2D eigenvalue weighted by molar-refractivity contribution is 6.01. The van der Waals surface area contributed by atoms with Crippen LogP contribution in [0.4, 0.5) is 4.39 Å². The number of ketones is 2. The Balaban J connectivity index is 1.21. The van der Waals surface area contributed by atoms with Crippen molar-refractivity contribution in [1.82, 2.24) is 14.9 Å². The van der Waals surface area contributed by atoms with E-state index in [4.69, 9.17) is 14.5 Å². The number of halogens is 1. The lowest BCUT2D eigenvalue weighted by atomic mass is 9.80. The second kappa shape index (κ2) is 11.3. The van der Waals surface area contributed by atoms with Crippen molar-refractivity contribution in [3.05, 3.63) is 83.4 Å². The van der Waals surface area contributed by atoms with Crippen LogP contribution in [0.3, 0.4) is 0 Å². The molecule has 2 fully saturated rings. The lowest BCUT2D eigenvalue weighted by molar-refractivity contribution is -0.137. The number of fused-ring (bicyclic) bond motifs is 2. The zero-order chi connectivity index (χ0) is 32.2. The monoisotopic (exact) mass is 623 g/mol. The highest BCUT2D eigenvalue weighted by Gasteiger charge is 2.48. The van der Waals surface area contributed by atoms with Crippen LogP contribution in [0.25, 0.3) is 22.2 Å². The van der Waals surface area contributed by atoms with Gasteiger partial charge in [-0.3, -0.25) is 19.4 Å². The Bertz CT molecular complexity index is 1890. The number of hydrogen-bond acceptors (Lipinski definition) is 8. The summed E-state index contributed by atoms with van der Waals surface area (Å²) in [6.07, 6.45) is 4.11. The Labute approximate surface area is 265 Å². The minimum Gasteiger partial charge on any atom is -0.489 e. The molecule has 1 saturated heterocycles. The molecule has 9 nitrogen and oxygen atoms in total. The maximum Gasteiger partial charge on any atom is 0.236 e. The number of amides is 1. The van der Waals surface area contributed by atoms with Crippen molar-refractivity contribution in [3.63, 3.8) is 0 Å². The number of benzene rings is 2. The Morgan fingerprint density at radius 2 is 1.96 bits per heavy atom. The van der Waals surface area contributed by atoms with Crippen LogP contribution < -0.4 is 9.47 Å². The van der Waals surface area contributed by atoms with Gasteiger partial charge in [0.25, 0.3) is 0 Å². The molecule has 1 aliphatic carbocycles. The second-order valence-electron chi connectivity index (χ2n) is 12.9. The van der Waals surface area contributed by atoms with Crippen molar-refractivity contribution < 1.29 is 33.4 Å². The predicted octanol–water partition coefficient (Wildman–Crippen LogP) is 5.30. The molecule has 1 amide bonds. The number of hydrogen-bond donors (Lipinski definition) is 1. The van der Waals surface area contributed by atoms with Gasteiger partial charge in [0.1, 0.15) is 46.1 Å². The van der Waals surface area contributed by atoms with Crippen molar-refractivity contribution in [3.8, 4) is 22.8 Å². The van der Waals surface area contributed by atoms with Crippen LogP contribution in [0, 0.1) is 5.82 Å². The van der Waals surface area contributed by atoms with Crippen LogP contribution in [0.1, 0.15) is 67.6 Å². The van der Waals surface area contributed by atoms with Gasteiger partial charge in [0.15, 0.2) is 11.6 Å². The molecule has 7 rings (SSSR count). The summed E-state index contributed by atoms with van der Waals surface area (Å²) in [6, 6.07) is 14.6. The van der Waals surface area contributed by atoms with Crippen molar-refractivity contribution >= 4 is 28.4 Å². The number of likely N-dealkylation sites (tertiary alicyclic amines) is 1. The molecular weight excluding hydrogens is 589 g/mol. The first kappa shape index (κ1) is 30.0. The molecule has 0 radical (unpaired) electrons. The predicted molar refractivity (Wildman–Crippen MR) is 167 cm³/mol. The highest BCUT2D eigenvalue weighted by Crippen LogP contribution is 2.47. The number of aliphatic hydroxyl groups is 1. The number of aromatic nitrogens is 2. The summed E-state index contributed by atoms with van der Waals surface area (Å²) < 4.78 is 26.0. The second-order valence-corrected chi connectivity index (χ2v) is 12.9. The minimum absolute atomic E-state index is 0.00000635. The quantitative estimate of drug-likeness (QED) is 0.250.